The smallest absolute Gasteiger partial charge is 0.254 e. The number of carbonyl (C=O) groups is 1. The highest BCUT2D eigenvalue weighted by molar-refractivity contribution is 7.89. The van der Waals surface area contributed by atoms with Gasteiger partial charge in [0.05, 0.1) is 17.7 Å². The van der Waals surface area contributed by atoms with Gasteiger partial charge in [0, 0.05) is 25.2 Å². The second-order valence-electron chi connectivity index (χ2n) is 7.29. The van der Waals surface area contributed by atoms with Crippen LogP contribution < -0.4 is 0 Å². The number of sulfonamides is 1. The molecule has 2 unspecified atom stereocenters. The molecule has 0 N–H and O–H groups in total. The summed E-state index contributed by atoms with van der Waals surface area (Å²) < 4.78 is 33.3. The Hall–Kier alpha value is -1.93. The van der Waals surface area contributed by atoms with Gasteiger partial charge in [-0.2, -0.15) is 4.31 Å². The van der Waals surface area contributed by atoms with Crippen LogP contribution in [0.2, 0.25) is 5.02 Å². The average Bonchev–Trinajstić information content (AvgIpc) is 2.74. The van der Waals surface area contributed by atoms with Gasteiger partial charge < -0.3 is 9.64 Å². The van der Waals surface area contributed by atoms with E-state index < -0.39 is 10.0 Å². The van der Waals surface area contributed by atoms with Crippen molar-refractivity contribution in [2.45, 2.75) is 37.9 Å². The third kappa shape index (κ3) is 4.70. The molecule has 0 radical (unpaired) electrons. The van der Waals surface area contributed by atoms with Crippen molar-refractivity contribution < 1.29 is 17.9 Å². The molecule has 1 fully saturated rings. The van der Waals surface area contributed by atoms with Gasteiger partial charge in [0.1, 0.15) is 11.0 Å². The lowest BCUT2D eigenvalue weighted by Gasteiger charge is -2.37. The third-order valence-electron chi connectivity index (χ3n) is 5.22. The predicted molar refractivity (Wildman–Crippen MR) is 117 cm³/mol. The van der Waals surface area contributed by atoms with E-state index in [1.807, 2.05) is 37.3 Å². The van der Waals surface area contributed by atoms with E-state index in [9.17, 15) is 13.2 Å². The first-order chi connectivity index (χ1) is 14.3. The zero-order chi connectivity index (χ0) is 21.9. The van der Waals surface area contributed by atoms with Crippen LogP contribution in [-0.4, -0.2) is 55.8 Å². The molecule has 162 valence electrons. The van der Waals surface area contributed by atoms with E-state index in [-0.39, 0.29) is 28.0 Å². The second-order valence-corrected chi connectivity index (χ2v) is 9.60. The Kier molecular flexibility index (Phi) is 7.18. The predicted octanol–water partition coefficient (Wildman–Crippen LogP) is 3.97. The van der Waals surface area contributed by atoms with Crippen molar-refractivity contribution in [2.24, 2.45) is 0 Å². The molecule has 0 aliphatic carbocycles. The summed E-state index contributed by atoms with van der Waals surface area (Å²) in [5.41, 5.74) is 1.30. The van der Waals surface area contributed by atoms with Gasteiger partial charge in [0.25, 0.3) is 5.91 Å². The fourth-order valence-electron chi connectivity index (χ4n) is 3.69. The average molecular weight is 451 g/mol. The first kappa shape index (κ1) is 22.7. The normalized spacial score (nSPS) is 19.8. The maximum atomic E-state index is 13.2. The van der Waals surface area contributed by atoms with Crippen molar-refractivity contribution in [1.29, 1.82) is 0 Å². The van der Waals surface area contributed by atoms with Gasteiger partial charge >= 0.3 is 0 Å². The Labute approximate surface area is 183 Å². The molecule has 0 saturated carbocycles. The summed E-state index contributed by atoms with van der Waals surface area (Å²) >= 11 is 6.20. The Bertz CT molecular complexity index is 993. The summed E-state index contributed by atoms with van der Waals surface area (Å²) in [6.07, 6.45) is -0.371. The summed E-state index contributed by atoms with van der Waals surface area (Å²) in [5.74, 6) is -0.237. The summed E-state index contributed by atoms with van der Waals surface area (Å²) in [6, 6.07) is 14.2. The zero-order valence-electron chi connectivity index (χ0n) is 17.4. The largest absolute Gasteiger partial charge is 0.367 e. The number of rotatable bonds is 6. The first-order valence-corrected chi connectivity index (χ1v) is 11.9. The maximum absolute atomic E-state index is 13.2. The van der Waals surface area contributed by atoms with Gasteiger partial charge in [-0.25, -0.2) is 8.42 Å². The lowest BCUT2D eigenvalue weighted by molar-refractivity contribution is -0.0691. The summed E-state index contributed by atoms with van der Waals surface area (Å²) in [4.78, 5) is 14.9. The van der Waals surface area contributed by atoms with Crippen molar-refractivity contribution >= 4 is 27.5 Å². The fraction of sp³-hybridized carbons (Fsp3) is 0.409. The highest BCUT2D eigenvalue weighted by Crippen LogP contribution is 2.29. The number of hydrogen-bond donors (Lipinski definition) is 0. The van der Waals surface area contributed by atoms with Crippen LogP contribution in [0.3, 0.4) is 0 Å². The van der Waals surface area contributed by atoms with Crippen LogP contribution in [0.1, 0.15) is 42.8 Å². The lowest BCUT2D eigenvalue weighted by Crippen LogP contribution is -2.46. The quantitative estimate of drug-likeness (QED) is 0.667. The van der Waals surface area contributed by atoms with Crippen LogP contribution in [0, 0.1) is 0 Å². The van der Waals surface area contributed by atoms with E-state index in [2.05, 4.69) is 0 Å². The van der Waals surface area contributed by atoms with Crippen molar-refractivity contribution in [3.05, 3.63) is 64.7 Å². The van der Waals surface area contributed by atoms with E-state index in [0.29, 0.717) is 31.7 Å². The molecule has 1 heterocycles. The minimum atomic E-state index is -3.78. The van der Waals surface area contributed by atoms with Crippen LogP contribution in [0.25, 0.3) is 0 Å². The Morgan fingerprint density at radius 2 is 1.80 bits per heavy atom. The van der Waals surface area contributed by atoms with Crippen LogP contribution in [0.4, 0.5) is 0 Å². The monoisotopic (exact) mass is 450 g/mol. The van der Waals surface area contributed by atoms with Crippen LogP contribution in [0.15, 0.2) is 53.4 Å². The highest BCUT2D eigenvalue weighted by atomic mass is 35.5. The Balaban J connectivity index is 1.90. The van der Waals surface area contributed by atoms with Crippen molar-refractivity contribution in [3.63, 3.8) is 0 Å². The van der Waals surface area contributed by atoms with Gasteiger partial charge in [-0.05, 0) is 30.7 Å². The molecule has 30 heavy (non-hydrogen) atoms. The Morgan fingerprint density at radius 1 is 1.13 bits per heavy atom. The first-order valence-electron chi connectivity index (χ1n) is 10.1. The molecule has 8 heteroatoms. The number of amides is 1. The molecule has 1 aliphatic heterocycles. The van der Waals surface area contributed by atoms with Gasteiger partial charge in [-0.1, -0.05) is 55.8 Å². The van der Waals surface area contributed by atoms with Crippen LogP contribution in [0.5, 0.6) is 0 Å². The summed E-state index contributed by atoms with van der Waals surface area (Å²) in [7, 11) is -3.78. The van der Waals surface area contributed by atoms with Crippen LogP contribution >= 0.6 is 11.6 Å². The highest BCUT2D eigenvalue weighted by Gasteiger charge is 2.31. The molecular formula is C22H27ClN2O4S. The molecule has 1 saturated heterocycles. The van der Waals surface area contributed by atoms with E-state index in [1.54, 1.807) is 24.8 Å². The molecule has 0 bridgehead atoms. The van der Waals surface area contributed by atoms with E-state index in [0.717, 1.165) is 5.56 Å². The van der Waals surface area contributed by atoms with Crippen LogP contribution in [-0.2, 0) is 14.8 Å². The molecule has 0 aromatic heterocycles. The van der Waals surface area contributed by atoms with Gasteiger partial charge in [-0.3, -0.25) is 4.79 Å². The number of halogens is 1. The standard InChI is InChI=1S/C22H27ClN2O4S/c1-4-25(5-2)30(27,28)21-13-18(11-12-19(21)23)22(26)24-14-16(3)29-20(15-24)17-9-7-6-8-10-17/h6-13,16,20H,4-5,14-15H2,1-3H3. The molecule has 3 rings (SSSR count). The van der Waals surface area contributed by atoms with Gasteiger partial charge in [-0.15, -0.1) is 0 Å². The summed E-state index contributed by atoms with van der Waals surface area (Å²) in [6.45, 7) is 6.94. The number of benzene rings is 2. The molecule has 2 atom stereocenters. The molecular weight excluding hydrogens is 424 g/mol. The SMILES string of the molecule is CCN(CC)S(=O)(=O)c1cc(C(=O)N2CC(C)OC(c3ccccc3)C2)ccc1Cl. The van der Waals surface area contributed by atoms with Crippen molar-refractivity contribution in [3.8, 4) is 0 Å². The lowest BCUT2D eigenvalue weighted by atomic mass is 10.1. The minimum Gasteiger partial charge on any atom is -0.367 e. The molecule has 1 aliphatic rings. The minimum absolute atomic E-state index is 0.0420. The topological polar surface area (TPSA) is 66.9 Å². The Morgan fingerprint density at radius 3 is 2.43 bits per heavy atom. The molecule has 6 nitrogen and oxygen atoms in total. The van der Waals surface area contributed by atoms with E-state index in [1.165, 1.54) is 16.4 Å². The van der Waals surface area contributed by atoms with Crippen molar-refractivity contribution in [2.75, 3.05) is 26.2 Å². The van der Waals surface area contributed by atoms with Gasteiger partial charge in [0.15, 0.2) is 0 Å². The maximum Gasteiger partial charge on any atom is 0.254 e. The molecule has 2 aromatic rings. The molecule has 0 spiro atoms. The number of ether oxygens (including phenoxy) is 1. The second kappa shape index (κ2) is 9.47. The van der Waals surface area contributed by atoms with E-state index in [4.69, 9.17) is 16.3 Å². The number of nitrogens with zero attached hydrogens (tertiary/aromatic N) is 2. The molecule has 1 amide bonds. The number of hydrogen-bond acceptors (Lipinski definition) is 4. The molecule has 2 aromatic carbocycles. The number of carbonyl (C=O) groups excluding carboxylic acids is 1. The van der Waals surface area contributed by atoms with Gasteiger partial charge in [0.2, 0.25) is 10.0 Å². The van der Waals surface area contributed by atoms with E-state index >= 15 is 0 Å². The van der Waals surface area contributed by atoms with Crippen molar-refractivity contribution in [1.82, 2.24) is 9.21 Å². The zero-order valence-corrected chi connectivity index (χ0v) is 19.0. The fourth-order valence-corrected chi connectivity index (χ4v) is 5.65. The number of morpholine rings is 1. The third-order valence-corrected chi connectivity index (χ3v) is 7.75. The summed E-state index contributed by atoms with van der Waals surface area (Å²) in [5, 5.41) is 0.107.